The first-order valence-electron chi connectivity index (χ1n) is 10.0. The number of guanidine groups is 1. The number of carboxylic acid groups (broad SMARTS) is 1. The highest BCUT2D eigenvalue weighted by atomic mass is 16.6. The molecular formula is C18H29N9O4. The lowest BCUT2D eigenvalue weighted by Crippen LogP contribution is -2.47. The lowest BCUT2D eigenvalue weighted by Gasteiger charge is -2.26. The summed E-state index contributed by atoms with van der Waals surface area (Å²) in [4.78, 5) is 41.3. The van der Waals surface area contributed by atoms with Gasteiger partial charge in [0, 0.05) is 13.6 Å². The van der Waals surface area contributed by atoms with Crippen molar-refractivity contribution >= 4 is 41.1 Å². The van der Waals surface area contributed by atoms with Gasteiger partial charge in [0.25, 0.3) is 0 Å². The first-order valence-corrected chi connectivity index (χ1v) is 10.0. The molecule has 0 saturated heterocycles. The number of imidazole rings is 1. The number of nitrogens with two attached hydrogens (primary N) is 1. The first kappa shape index (κ1) is 23.6. The van der Waals surface area contributed by atoms with E-state index >= 15 is 0 Å². The predicted molar refractivity (Wildman–Crippen MR) is 115 cm³/mol. The summed E-state index contributed by atoms with van der Waals surface area (Å²) in [6, 6.07) is -1.25. The van der Waals surface area contributed by atoms with E-state index in [9.17, 15) is 14.7 Å². The molecule has 1 atom stereocenters. The van der Waals surface area contributed by atoms with E-state index in [1.165, 1.54) is 6.20 Å². The van der Waals surface area contributed by atoms with Crippen molar-refractivity contribution in [3.8, 4) is 0 Å². The summed E-state index contributed by atoms with van der Waals surface area (Å²) in [6.45, 7) is 2.49. The van der Waals surface area contributed by atoms with Gasteiger partial charge in [-0.2, -0.15) is 9.97 Å². The molecule has 1 amide bonds. The summed E-state index contributed by atoms with van der Waals surface area (Å²) >= 11 is 0. The number of carbonyl (C=O) groups excluding carboxylic acids is 1. The molecule has 2 aromatic heterocycles. The van der Waals surface area contributed by atoms with Crippen LogP contribution in [0.3, 0.4) is 0 Å². The van der Waals surface area contributed by atoms with Gasteiger partial charge >= 0.3 is 12.1 Å². The SMILES string of the molecule is CCCCCOC(=O)N(c1nc2nc(NC)ncc2[nH]1)[C@H](CCCNC(=N)N)C(=O)O. The van der Waals surface area contributed by atoms with Gasteiger partial charge < -0.3 is 31.2 Å². The zero-order valence-corrected chi connectivity index (χ0v) is 17.6. The highest BCUT2D eigenvalue weighted by molar-refractivity contribution is 5.94. The number of rotatable bonds is 12. The second kappa shape index (κ2) is 11.5. The number of H-pyrrole nitrogens is 1. The molecule has 0 fully saturated rings. The van der Waals surface area contributed by atoms with Crippen LogP contribution in [0.1, 0.15) is 39.0 Å². The molecule has 0 saturated carbocycles. The summed E-state index contributed by atoms with van der Waals surface area (Å²) < 4.78 is 5.32. The van der Waals surface area contributed by atoms with E-state index in [-0.39, 0.29) is 37.1 Å². The molecule has 7 N–H and O–H groups in total. The zero-order valence-electron chi connectivity index (χ0n) is 17.6. The number of carbonyl (C=O) groups is 2. The minimum Gasteiger partial charge on any atom is -0.480 e. The van der Waals surface area contributed by atoms with Crippen LogP contribution in [0.25, 0.3) is 11.2 Å². The predicted octanol–water partition coefficient (Wildman–Crippen LogP) is 1.24. The molecule has 0 bridgehead atoms. The number of hydrogen-bond donors (Lipinski definition) is 6. The fourth-order valence-electron chi connectivity index (χ4n) is 2.85. The molecule has 31 heavy (non-hydrogen) atoms. The molecule has 0 aliphatic rings. The third kappa shape index (κ3) is 6.69. The van der Waals surface area contributed by atoms with Gasteiger partial charge in [-0.1, -0.05) is 19.8 Å². The van der Waals surface area contributed by atoms with Gasteiger partial charge in [0.05, 0.1) is 12.8 Å². The fraction of sp³-hybridized carbons (Fsp3) is 0.556. The number of amides is 1. The Morgan fingerprint density at radius 2 is 2.13 bits per heavy atom. The molecule has 13 nitrogen and oxygen atoms in total. The smallest absolute Gasteiger partial charge is 0.417 e. The highest BCUT2D eigenvalue weighted by Gasteiger charge is 2.34. The van der Waals surface area contributed by atoms with Gasteiger partial charge in [0.1, 0.15) is 11.6 Å². The van der Waals surface area contributed by atoms with E-state index in [4.69, 9.17) is 15.9 Å². The van der Waals surface area contributed by atoms with Gasteiger partial charge in [0.2, 0.25) is 11.9 Å². The van der Waals surface area contributed by atoms with Crippen LogP contribution in [-0.2, 0) is 9.53 Å². The topological polar surface area (TPSA) is 195 Å². The van der Waals surface area contributed by atoms with Crippen LogP contribution in [0.5, 0.6) is 0 Å². The fourth-order valence-corrected chi connectivity index (χ4v) is 2.85. The average molecular weight is 435 g/mol. The second-order valence-electron chi connectivity index (χ2n) is 6.77. The molecule has 0 unspecified atom stereocenters. The quantitative estimate of drug-likeness (QED) is 0.160. The largest absolute Gasteiger partial charge is 0.480 e. The van der Waals surface area contributed by atoms with Crippen molar-refractivity contribution in [1.82, 2.24) is 25.3 Å². The molecule has 2 heterocycles. The van der Waals surface area contributed by atoms with Crippen molar-refractivity contribution in [3.05, 3.63) is 6.20 Å². The van der Waals surface area contributed by atoms with Crippen LogP contribution in [0.4, 0.5) is 16.7 Å². The van der Waals surface area contributed by atoms with Crippen molar-refractivity contribution in [2.24, 2.45) is 5.73 Å². The number of nitrogens with one attached hydrogen (secondary N) is 4. The minimum absolute atomic E-state index is 0.00460. The van der Waals surface area contributed by atoms with E-state index in [0.29, 0.717) is 24.3 Å². The zero-order chi connectivity index (χ0) is 22.8. The van der Waals surface area contributed by atoms with E-state index in [0.717, 1.165) is 17.7 Å². The van der Waals surface area contributed by atoms with E-state index < -0.39 is 18.1 Å². The summed E-state index contributed by atoms with van der Waals surface area (Å²) in [5.41, 5.74) is 5.98. The minimum atomic E-state index is -1.25. The van der Waals surface area contributed by atoms with Gasteiger partial charge in [-0.05, 0) is 19.3 Å². The van der Waals surface area contributed by atoms with E-state index in [1.54, 1.807) is 7.05 Å². The number of unbranched alkanes of at least 4 members (excludes halogenated alkanes) is 2. The first-order chi connectivity index (χ1) is 14.9. The van der Waals surface area contributed by atoms with Crippen molar-refractivity contribution in [3.63, 3.8) is 0 Å². The molecular weight excluding hydrogens is 406 g/mol. The summed E-state index contributed by atoms with van der Waals surface area (Å²) in [7, 11) is 1.66. The molecule has 0 radical (unpaired) electrons. The number of anilines is 2. The van der Waals surface area contributed by atoms with Crippen molar-refractivity contribution in [2.75, 3.05) is 30.4 Å². The number of aromatic amines is 1. The second-order valence-corrected chi connectivity index (χ2v) is 6.77. The number of carboxylic acids is 1. The normalized spacial score (nSPS) is 11.7. The van der Waals surface area contributed by atoms with Gasteiger partial charge in [0.15, 0.2) is 11.6 Å². The van der Waals surface area contributed by atoms with Crippen LogP contribution in [0.15, 0.2) is 6.20 Å². The lowest BCUT2D eigenvalue weighted by atomic mass is 10.1. The molecule has 13 heteroatoms. The summed E-state index contributed by atoms with van der Waals surface area (Å²) in [5.74, 6) is -1.08. The molecule has 0 aliphatic carbocycles. The van der Waals surface area contributed by atoms with Crippen LogP contribution in [0, 0.1) is 5.41 Å². The Labute approximate surface area is 179 Å². The monoisotopic (exact) mass is 435 g/mol. The standard InChI is InChI=1S/C18H29N9O4/c1-3-4-5-9-31-18(30)27(12(14(28)29)7-6-8-22-15(19)20)17-24-11-10-23-16(21-2)25-13(11)26-17/h10,12H,3-9H2,1-2H3,(H,28,29)(H4,19,20,22)(H2,21,23,24,25,26)/t12-/m1/s1. The maximum absolute atomic E-state index is 12.9. The Kier molecular flexibility index (Phi) is 8.78. The molecule has 0 spiro atoms. The van der Waals surface area contributed by atoms with Crippen LogP contribution < -0.4 is 21.3 Å². The number of ether oxygens (including phenoxy) is 1. The van der Waals surface area contributed by atoms with Gasteiger partial charge in [-0.15, -0.1) is 0 Å². The Balaban J connectivity index is 2.30. The molecule has 0 aromatic carbocycles. The van der Waals surface area contributed by atoms with Crippen LogP contribution >= 0.6 is 0 Å². The number of hydrogen-bond acceptors (Lipinski definition) is 8. The van der Waals surface area contributed by atoms with Crippen molar-refractivity contribution in [1.29, 1.82) is 5.41 Å². The van der Waals surface area contributed by atoms with Crippen molar-refractivity contribution < 1.29 is 19.4 Å². The molecule has 170 valence electrons. The maximum atomic E-state index is 12.9. The maximum Gasteiger partial charge on any atom is 0.417 e. The number of fused-ring (bicyclic) bond motifs is 1. The molecule has 2 rings (SSSR count). The highest BCUT2D eigenvalue weighted by Crippen LogP contribution is 2.22. The Hall–Kier alpha value is -3.64. The Bertz CT molecular complexity index is 901. The summed E-state index contributed by atoms with van der Waals surface area (Å²) in [6.07, 6.45) is 3.63. The van der Waals surface area contributed by atoms with Crippen LogP contribution in [0.2, 0.25) is 0 Å². The van der Waals surface area contributed by atoms with Gasteiger partial charge in [-0.3, -0.25) is 5.41 Å². The number of aliphatic carboxylic acids is 1. The number of nitrogens with zero attached hydrogens (tertiary/aromatic N) is 4. The van der Waals surface area contributed by atoms with Crippen molar-refractivity contribution in [2.45, 2.75) is 45.1 Å². The lowest BCUT2D eigenvalue weighted by molar-refractivity contribution is -0.138. The molecule has 0 aliphatic heterocycles. The van der Waals surface area contributed by atoms with Crippen LogP contribution in [-0.4, -0.2) is 69.3 Å². The average Bonchev–Trinajstić information content (AvgIpc) is 3.15. The number of aromatic nitrogens is 4. The molecule has 2 aromatic rings. The Morgan fingerprint density at radius 1 is 1.35 bits per heavy atom. The van der Waals surface area contributed by atoms with E-state index in [2.05, 4.69) is 30.6 Å². The summed E-state index contributed by atoms with van der Waals surface area (Å²) in [5, 5.41) is 22.4. The van der Waals surface area contributed by atoms with E-state index in [1.807, 2.05) is 6.92 Å². The Morgan fingerprint density at radius 3 is 2.77 bits per heavy atom. The van der Waals surface area contributed by atoms with Gasteiger partial charge in [-0.25, -0.2) is 19.5 Å². The third-order valence-corrected chi connectivity index (χ3v) is 4.42. The third-order valence-electron chi connectivity index (χ3n) is 4.42.